The number of nitrogens with zero attached hydrogens (tertiary/aromatic N) is 6. The summed E-state index contributed by atoms with van der Waals surface area (Å²) < 4.78 is 67.1. The van der Waals surface area contributed by atoms with Crippen LogP contribution in [0.15, 0.2) is 6.07 Å². The van der Waals surface area contributed by atoms with Crippen LogP contribution in [0.1, 0.15) is 23.4 Å². The molecule has 0 aliphatic carbocycles. The van der Waals surface area contributed by atoms with E-state index in [-0.39, 0.29) is 51.2 Å². The van der Waals surface area contributed by atoms with Gasteiger partial charge in [-0.2, -0.15) is 26.9 Å². The summed E-state index contributed by atoms with van der Waals surface area (Å²) in [6.07, 6.45) is -5.02. The van der Waals surface area contributed by atoms with Gasteiger partial charge >= 0.3 is 12.1 Å². The van der Waals surface area contributed by atoms with E-state index in [2.05, 4.69) is 25.5 Å². The van der Waals surface area contributed by atoms with Gasteiger partial charge in [-0.3, -0.25) is 0 Å². The molecule has 0 amide bonds. The number of anilines is 2. The molecule has 4 heterocycles. The van der Waals surface area contributed by atoms with Crippen LogP contribution < -0.4 is 10.2 Å². The Morgan fingerprint density at radius 2 is 1.85 bits per heavy atom. The molecule has 3 N–H and O–H groups in total. The lowest BCUT2D eigenvalue weighted by Crippen LogP contribution is -2.40. The number of halogens is 5. The quantitative estimate of drug-likeness (QED) is 0.399. The van der Waals surface area contributed by atoms with Gasteiger partial charge in [-0.15, -0.1) is 21.5 Å². The number of thiophene rings is 1. The summed E-state index contributed by atoms with van der Waals surface area (Å²) in [4.78, 5) is 12.5. The molecular formula is C19H22F5N7O2S. The predicted octanol–water partition coefficient (Wildman–Crippen LogP) is 2.53. The van der Waals surface area contributed by atoms with Gasteiger partial charge in [0.05, 0.1) is 11.9 Å². The van der Waals surface area contributed by atoms with Crippen molar-refractivity contribution in [1.82, 2.24) is 24.7 Å². The molecule has 1 aliphatic heterocycles. The van der Waals surface area contributed by atoms with Gasteiger partial charge in [0.1, 0.15) is 10.6 Å². The van der Waals surface area contributed by atoms with E-state index < -0.39 is 23.8 Å². The Morgan fingerprint density at radius 1 is 1.12 bits per heavy atom. The molecule has 34 heavy (non-hydrogen) atoms. The van der Waals surface area contributed by atoms with Crippen molar-refractivity contribution in [1.29, 1.82) is 0 Å². The van der Waals surface area contributed by atoms with Crippen molar-refractivity contribution in [2.75, 3.05) is 36.5 Å². The number of aryl methyl sites for hydroxylation is 1. The molecule has 186 valence electrons. The van der Waals surface area contributed by atoms with Crippen molar-refractivity contribution in [3.8, 4) is 0 Å². The van der Waals surface area contributed by atoms with Crippen LogP contribution in [0.3, 0.4) is 0 Å². The highest BCUT2D eigenvalue weighted by Crippen LogP contribution is 2.43. The summed E-state index contributed by atoms with van der Waals surface area (Å²) in [5.74, 6) is -6.26. The molecule has 3 aromatic heterocycles. The maximum Gasteiger partial charge on any atom is 0.461 e. The number of fused-ring (bicyclic) bond motifs is 2. The summed E-state index contributed by atoms with van der Waals surface area (Å²) in [5.41, 5.74) is 0. The van der Waals surface area contributed by atoms with Gasteiger partial charge in [0.2, 0.25) is 11.8 Å². The minimum Gasteiger partial charge on any atom is -0.396 e. The number of aromatic nitrogens is 5. The molecule has 0 unspecified atom stereocenters. The number of alkyl halides is 5. The second-order valence-electron chi connectivity index (χ2n) is 7.85. The molecule has 1 aliphatic rings. The molecule has 0 aromatic carbocycles. The van der Waals surface area contributed by atoms with Crippen LogP contribution in [0.25, 0.3) is 10.2 Å². The van der Waals surface area contributed by atoms with Gasteiger partial charge in [0.15, 0.2) is 5.82 Å². The lowest BCUT2D eigenvalue weighted by Gasteiger charge is -2.30. The molecule has 4 rings (SSSR count). The first kappa shape index (κ1) is 24.5. The summed E-state index contributed by atoms with van der Waals surface area (Å²) in [6.45, 7) is 1.59. The van der Waals surface area contributed by atoms with E-state index in [9.17, 15) is 32.2 Å². The second-order valence-corrected chi connectivity index (χ2v) is 8.97. The van der Waals surface area contributed by atoms with Crippen LogP contribution in [0, 0.1) is 5.92 Å². The summed E-state index contributed by atoms with van der Waals surface area (Å²) in [5, 5.41) is 29.0. The van der Waals surface area contributed by atoms with Crippen LogP contribution in [0.5, 0.6) is 0 Å². The second kappa shape index (κ2) is 9.19. The molecule has 9 nitrogen and oxygen atoms in total. The van der Waals surface area contributed by atoms with Crippen molar-refractivity contribution in [3.63, 3.8) is 0 Å². The van der Waals surface area contributed by atoms with Gasteiger partial charge in [-0.05, 0) is 12.5 Å². The Balaban J connectivity index is 1.67. The molecule has 3 aromatic rings. The van der Waals surface area contributed by atoms with Gasteiger partial charge in [0, 0.05) is 43.6 Å². The van der Waals surface area contributed by atoms with Crippen molar-refractivity contribution in [2.24, 2.45) is 5.92 Å². The molecule has 0 radical (unpaired) electrons. The highest BCUT2D eigenvalue weighted by atomic mass is 32.1. The maximum absolute atomic E-state index is 13.9. The van der Waals surface area contributed by atoms with Crippen molar-refractivity contribution < 1.29 is 32.2 Å². The summed E-state index contributed by atoms with van der Waals surface area (Å²) >= 11 is 1.46. The first-order valence-corrected chi connectivity index (χ1v) is 11.3. The van der Waals surface area contributed by atoms with Crippen LogP contribution in [0.4, 0.5) is 33.7 Å². The third-order valence-corrected chi connectivity index (χ3v) is 6.70. The fourth-order valence-corrected chi connectivity index (χ4v) is 4.53. The van der Waals surface area contributed by atoms with Crippen molar-refractivity contribution >= 4 is 33.3 Å². The normalized spacial score (nSPS) is 14.8. The van der Waals surface area contributed by atoms with E-state index >= 15 is 0 Å². The Labute approximate surface area is 194 Å². The third-order valence-electron chi connectivity index (χ3n) is 5.53. The van der Waals surface area contributed by atoms with Gasteiger partial charge < -0.3 is 25.0 Å². The molecule has 15 heteroatoms. The van der Waals surface area contributed by atoms with Crippen molar-refractivity contribution in [2.45, 2.75) is 38.5 Å². The lowest BCUT2D eigenvalue weighted by molar-refractivity contribution is -0.293. The third kappa shape index (κ3) is 4.38. The van der Waals surface area contributed by atoms with Gasteiger partial charge in [-0.1, -0.05) is 6.92 Å². The number of rotatable bonds is 8. The lowest BCUT2D eigenvalue weighted by atomic mass is 10.2. The standard InChI is InChI=1S/C19H22F5N7O2S/c1-2-11-5-12-14(26-17(27-15(12)34-11)25-6-10(8-32)9-33)30-3-4-31-13(7-30)28-29-16(31)18(20,21)19(22,23)24/h5,10,32-33H,2-4,6-9H2,1H3,(H,25,26,27). The molecule has 0 saturated carbocycles. The molecule has 0 fully saturated rings. The fraction of sp³-hybridized carbons (Fsp3) is 0.579. The Morgan fingerprint density at radius 3 is 2.50 bits per heavy atom. The number of nitrogens with one attached hydrogen (secondary N) is 1. The largest absolute Gasteiger partial charge is 0.461 e. The van der Waals surface area contributed by atoms with Crippen molar-refractivity contribution in [3.05, 3.63) is 22.6 Å². The van der Waals surface area contributed by atoms with E-state index in [1.54, 1.807) is 4.90 Å². The van der Waals surface area contributed by atoms with Gasteiger partial charge in [-0.25, -0.2) is 4.98 Å². The number of aliphatic hydroxyl groups excluding tert-OH is 2. The monoisotopic (exact) mass is 507 g/mol. The van der Waals surface area contributed by atoms with E-state index in [1.165, 1.54) is 11.3 Å². The predicted molar refractivity (Wildman–Crippen MR) is 114 cm³/mol. The van der Waals surface area contributed by atoms with Crippen LogP contribution >= 0.6 is 11.3 Å². The minimum absolute atomic E-state index is 0.0296. The minimum atomic E-state index is -5.78. The van der Waals surface area contributed by atoms with E-state index in [0.717, 1.165) is 21.3 Å². The molecular weight excluding hydrogens is 485 g/mol. The zero-order valence-corrected chi connectivity index (χ0v) is 18.8. The smallest absolute Gasteiger partial charge is 0.396 e. The summed E-state index contributed by atoms with van der Waals surface area (Å²) in [7, 11) is 0. The summed E-state index contributed by atoms with van der Waals surface area (Å²) in [6, 6.07) is 1.92. The zero-order chi connectivity index (χ0) is 24.7. The highest BCUT2D eigenvalue weighted by molar-refractivity contribution is 7.18. The number of hydrogen-bond donors (Lipinski definition) is 3. The first-order chi connectivity index (χ1) is 16.1. The SMILES string of the molecule is CCc1cc2c(N3CCn4c(nnc4C(F)(F)C(F)(F)F)C3)nc(NCC(CO)CO)nc2s1. The Hall–Kier alpha value is -2.65. The topological polar surface area (TPSA) is 112 Å². The molecule has 0 atom stereocenters. The molecule has 0 bridgehead atoms. The molecule has 0 saturated heterocycles. The van der Waals surface area contributed by atoms with Crippen LogP contribution in [0.2, 0.25) is 0 Å². The van der Waals surface area contributed by atoms with E-state index in [4.69, 9.17) is 0 Å². The maximum atomic E-state index is 13.9. The van der Waals surface area contributed by atoms with E-state index in [1.807, 2.05) is 13.0 Å². The molecule has 0 spiro atoms. The Kier molecular flexibility index (Phi) is 6.61. The van der Waals surface area contributed by atoms with E-state index in [0.29, 0.717) is 10.6 Å². The highest BCUT2D eigenvalue weighted by Gasteiger charge is 2.62. The Bertz CT molecular complexity index is 1160. The van der Waals surface area contributed by atoms with Crippen LogP contribution in [-0.4, -0.2) is 67.4 Å². The number of hydrogen-bond acceptors (Lipinski definition) is 9. The van der Waals surface area contributed by atoms with Crippen LogP contribution in [-0.2, 0) is 25.4 Å². The fourth-order valence-electron chi connectivity index (χ4n) is 3.57. The average Bonchev–Trinajstić information content (AvgIpc) is 3.42. The van der Waals surface area contributed by atoms with Gasteiger partial charge in [0.25, 0.3) is 0 Å². The zero-order valence-electron chi connectivity index (χ0n) is 18.0. The number of aliphatic hydroxyl groups is 2. The average molecular weight is 507 g/mol. The first-order valence-electron chi connectivity index (χ1n) is 10.5.